The largest absolute Gasteiger partial charge is 0.394 e. The van der Waals surface area contributed by atoms with Crippen LogP contribution in [0.4, 0.5) is 0 Å². The van der Waals surface area contributed by atoms with Crippen LogP contribution in [0.1, 0.15) is 6.42 Å². The maximum atomic E-state index is 10.6. The maximum Gasteiger partial charge on any atom is 0.215 e. The molecule has 0 saturated carbocycles. The first-order valence-corrected chi connectivity index (χ1v) is 3.30. The molecule has 5 nitrogen and oxygen atoms in total. The van der Waals surface area contributed by atoms with E-state index >= 15 is 0 Å². The van der Waals surface area contributed by atoms with Crippen LogP contribution in [0.3, 0.4) is 0 Å². The van der Waals surface area contributed by atoms with Gasteiger partial charge in [0, 0.05) is 6.42 Å². The van der Waals surface area contributed by atoms with Crippen molar-refractivity contribution in [3.05, 3.63) is 0 Å². The van der Waals surface area contributed by atoms with Gasteiger partial charge in [0.2, 0.25) is 6.29 Å². The molecular formula is C6H10O5. The first-order valence-electron chi connectivity index (χ1n) is 3.30. The Morgan fingerprint density at radius 3 is 2.73 bits per heavy atom. The number of aliphatic hydroxyl groups is 3. The van der Waals surface area contributed by atoms with E-state index < -0.39 is 30.9 Å². The molecule has 0 aromatic heterocycles. The highest BCUT2D eigenvalue weighted by Crippen LogP contribution is 2.14. The molecule has 1 aliphatic rings. The van der Waals surface area contributed by atoms with Crippen molar-refractivity contribution in [3.8, 4) is 0 Å². The third-order valence-electron chi connectivity index (χ3n) is 1.60. The molecule has 3 N–H and O–H groups in total. The Morgan fingerprint density at radius 2 is 2.18 bits per heavy atom. The van der Waals surface area contributed by atoms with E-state index in [-0.39, 0.29) is 6.42 Å². The number of hydrogen-bond donors (Lipinski definition) is 3. The van der Waals surface area contributed by atoms with Crippen LogP contribution in [0, 0.1) is 0 Å². The fourth-order valence-electron chi connectivity index (χ4n) is 0.935. The molecule has 1 rings (SSSR count). The van der Waals surface area contributed by atoms with Gasteiger partial charge in [0.15, 0.2) is 5.78 Å². The zero-order valence-electron chi connectivity index (χ0n) is 5.80. The van der Waals surface area contributed by atoms with E-state index in [9.17, 15) is 4.79 Å². The summed E-state index contributed by atoms with van der Waals surface area (Å²) in [5.41, 5.74) is 0. The van der Waals surface area contributed by atoms with E-state index in [1.807, 2.05) is 0 Å². The number of carbonyl (C=O) groups excluding carboxylic acids is 1. The number of aliphatic hydroxyl groups excluding tert-OH is 3. The predicted octanol–water partition coefficient (Wildman–Crippen LogP) is -1.98. The van der Waals surface area contributed by atoms with Gasteiger partial charge < -0.3 is 20.1 Å². The lowest BCUT2D eigenvalue weighted by molar-refractivity contribution is -0.205. The van der Waals surface area contributed by atoms with Gasteiger partial charge >= 0.3 is 0 Å². The molecule has 11 heavy (non-hydrogen) atoms. The van der Waals surface area contributed by atoms with E-state index in [1.54, 1.807) is 0 Å². The minimum Gasteiger partial charge on any atom is -0.394 e. The predicted molar refractivity (Wildman–Crippen MR) is 33.6 cm³/mol. The minimum atomic E-state index is -1.49. The van der Waals surface area contributed by atoms with Crippen molar-refractivity contribution in [2.45, 2.75) is 24.9 Å². The van der Waals surface area contributed by atoms with Gasteiger partial charge in [-0.1, -0.05) is 0 Å². The standard InChI is InChI=1S/C6H10O5/c7-2-5-3(8)1-4(9)6(10)11-5/h3,5-8,10H,1-2H2/t3-,5+,6?/m0/s1/i6+1. The Hall–Kier alpha value is -0.490. The topological polar surface area (TPSA) is 87.0 Å². The lowest BCUT2D eigenvalue weighted by Gasteiger charge is -2.28. The van der Waals surface area contributed by atoms with Crippen molar-refractivity contribution in [1.29, 1.82) is 0 Å². The molecule has 1 unspecified atom stereocenters. The summed E-state index contributed by atoms with van der Waals surface area (Å²) < 4.78 is 4.57. The first kappa shape index (κ1) is 8.61. The van der Waals surface area contributed by atoms with Gasteiger partial charge in [-0.15, -0.1) is 0 Å². The van der Waals surface area contributed by atoms with Gasteiger partial charge in [-0.3, -0.25) is 4.79 Å². The zero-order valence-corrected chi connectivity index (χ0v) is 5.80. The van der Waals surface area contributed by atoms with E-state index in [2.05, 4.69) is 4.74 Å². The van der Waals surface area contributed by atoms with Crippen molar-refractivity contribution in [2.24, 2.45) is 0 Å². The molecule has 0 bridgehead atoms. The molecular weight excluding hydrogens is 153 g/mol. The second-order valence-electron chi connectivity index (χ2n) is 2.45. The Labute approximate surface area is 63.2 Å². The minimum absolute atomic E-state index is 0.160. The second-order valence-corrected chi connectivity index (χ2v) is 2.45. The molecule has 0 aromatic carbocycles. The smallest absolute Gasteiger partial charge is 0.215 e. The molecule has 3 atom stereocenters. The third kappa shape index (κ3) is 1.75. The summed E-state index contributed by atoms with van der Waals surface area (Å²) >= 11 is 0. The van der Waals surface area contributed by atoms with Gasteiger partial charge in [-0.2, -0.15) is 0 Å². The van der Waals surface area contributed by atoms with Gasteiger partial charge in [-0.25, -0.2) is 0 Å². The highest BCUT2D eigenvalue weighted by molar-refractivity contribution is 5.82. The van der Waals surface area contributed by atoms with E-state index in [1.165, 1.54) is 0 Å². The molecule has 0 amide bonds. The summed E-state index contributed by atoms with van der Waals surface area (Å²) in [6, 6.07) is 0. The number of ketones is 1. The van der Waals surface area contributed by atoms with Crippen LogP contribution in [0.5, 0.6) is 0 Å². The average molecular weight is 163 g/mol. The SMILES string of the molecule is O=C1C[C@H](O)[C@@H](CO)O[13CH]1O. The van der Waals surface area contributed by atoms with Crippen LogP contribution in [0.2, 0.25) is 0 Å². The highest BCUT2D eigenvalue weighted by atomic mass is 16.7. The number of hydrogen-bond acceptors (Lipinski definition) is 5. The molecule has 0 aromatic rings. The van der Waals surface area contributed by atoms with Crippen LogP contribution in [0.25, 0.3) is 0 Å². The molecule has 0 radical (unpaired) electrons. The molecule has 1 fully saturated rings. The molecule has 64 valence electrons. The van der Waals surface area contributed by atoms with Crippen molar-refractivity contribution in [1.82, 2.24) is 0 Å². The number of ether oxygens (including phenoxy) is 1. The van der Waals surface area contributed by atoms with Crippen molar-refractivity contribution >= 4 is 5.78 Å². The highest BCUT2D eigenvalue weighted by Gasteiger charge is 2.34. The molecule has 0 aliphatic carbocycles. The quantitative estimate of drug-likeness (QED) is 0.390. The Balaban J connectivity index is 2.54. The normalized spacial score (nSPS) is 39.2. The molecule has 5 heteroatoms. The number of carbonyl (C=O) groups is 1. The van der Waals surface area contributed by atoms with E-state index in [0.29, 0.717) is 0 Å². The fraction of sp³-hybridized carbons (Fsp3) is 0.833. The third-order valence-corrected chi connectivity index (χ3v) is 1.60. The van der Waals surface area contributed by atoms with Gasteiger partial charge in [-0.05, 0) is 0 Å². The lowest BCUT2D eigenvalue weighted by Crippen LogP contribution is -2.46. The van der Waals surface area contributed by atoms with E-state index in [4.69, 9.17) is 15.3 Å². The summed E-state index contributed by atoms with van der Waals surface area (Å²) in [4.78, 5) is 10.6. The summed E-state index contributed by atoms with van der Waals surface area (Å²) in [5, 5.41) is 26.4. The van der Waals surface area contributed by atoms with Crippen molar-refractivity contribution < 1.29 is 24.9 Å². The van der Waals surface area contributed by atoms with Crippen LogP contribution < -0.4 is 0 Å². The number of Topliss-reactive ketones (excluding diaryl/α,β-unsaturated/α-hetero) is 1. The summed E-state index contributed by atoms with van der Waals surface area (Å²) in [6.07, 6.45) is -3.50. The molecule has 1 heterocycles. The number of rotatable bonds is 1. The molecule has 0 spiro atoms. The first-order chi connectivity index (χ1) is 5.15. The summed E-state index contributed by atoms with van der Waals surface area (Å²) in [6.45, 7) is -0.397. The van der Waals surface area contributed by atoms with Gasteiger partial charge in [0.1, 0.15) is 6.10 Å². The Bertz CT molecular complexity index is 157. The maximum absolute atomic E-state index is 10.6. The van der Waals surface area contributed by atoms with Crippen molar-refractivity contribution in [3.63, 3.8) is 0 Å². The van der Waals surface area contributed by atoms with Gasteiger partial charge in [0.25, 0.3) is 0 Å². The summed E-state index contributed by atoms with van der Waals surface area (Å²) in [5.74, 6) is -0.554. The van der Waals surface area contributed by atoms with Crippen LogP contribution >= 0.6 is 0 Å². The Kier molecular flexibility index (Phi) is 2.56. The van der Waals surface area contributed by atoms with E-state index in [0.717, 1.165) is 0 Å². The average Bonchev–Trinajstić information content (AvgIpc) is 1.97. The molecule has 1 aliphatic heterocycles. The lowest BCUT2D eigenvalue weighted by atomic mass is 10.1. The van der Waals surface area contributed by atoms with Gasteiger partial charge in [0.05, 0.1) is 12.7 Å². The van der Waals surface area contributed by atoms with Crippen molar-refractivity contribution in [2.75, 3.05) is 6.61 Å². The zero-order chi connectivity index (χ0) is 8.43. The fourth-order valence-corrected chi connectivity index (χ4v) is 0.935. The van der Waals surface area contributed by atoms with Crippen LogP contribution in [0.15, 0.2) is 0 Å². The van der Waals surface area contributed by atoms with Crippen LogP contribution in [-0.4, -0.2) is 46.2 Å². The van der Waals surface area contributed by atoms with Crippen LogP contribution in [-0.2, 0) is 9.53 Å². The second kappa shape index (κ2) is 3.27. The molecule has 1 saturated heterocycles. The summed E-state index contributed by atoms with van der Waals surface area (Å²) in [7, 11) is 0. The monoisotopic (exact) mass is 163 g/mol. The Morgan fingerprint density at radius 1 is 1.55 bits per heavy atom.